The first-order valence-corrected chi connectivity index (χ1v) is 8.09. The average molecular weight is 282 g/mol. The smallest absolute Gasteiger partial charge is 0.127 e. The molecule has 1 nitrogen and oxygen atoms in total. The lowest BCUT2D eigenvalue weighted by molar-refractivity contribution is 0.476. The summed E-state index contributed by atoms with van der Waals surface area (Å²) >= 11 is 0. The number of unbranched alkanes of at least 4 members (excludes halogenated alkanes) is 2. The van der Waals surface area contributed by atoms with Crippen LogP contribution in [0.1, 0.15) is 45.1 Å². The average Bonchev–Trinajstić information content (AvgIpc) is 2.49. The third-order valence-electron chi connectivity index (χ3n) is 3.76. The van der Waals surface area contributed by atoms with E-state index in [9.17, 15) is 0 Å². The molecule has 1 unspecified atom stereocenters. The van der Waals surface area contributed by atoms with E-state index in [1.54, 1.807) is 0 Å². The van der Waals surface area contributed by atoms with Crippen molar-refractivity contribution in [2.75, 3.05) is 0 Å². The monoisotopic (exact) mass is 282 g/mol. The lowest BCUT2D eigenvalue weighted by Gasteiger charge is -2.12. The molecule has 0 aliphatic carbocycles. The van der Waals surface area contributed by atoms with Crippen LogP contribution in [0.5, 0.6) is 11.5 Å². The molecule has 0 saturated carbocycles. The van der Waals surface area contributed by atoms with Crippen molar-refractivity contribution in [3.05, 3.63) is 60.2 Å². The van der Waals surface area contributed by atoms with E-state index in [4.69, 9.17) is 4.74 Å². The molecule has 2 rings (SSSR count). The van der Waals surface area contributed by atoms with Crippen LogP contribution in [0.4, 0.5) is 0 Å². The van der Waals surface area contributed by atoms with Crippen LogP contribution >= 0.6 is 0 Å². The van der Waals surface area contributed by atoms with Gasteiger partial charge in [0.1, 0.15) is 11.5 Å². The van der Waals surface area contributed by atoms with Crippen molar-refractivity contribution < 1.29 is 4.74 Å². The predicted molar refractivity (Wildman–Crippen MR) is 90.0 cm³/mol. The van der Waals surface area contributed by atoms with Gasteiger partial charge in [0, 0.05) is 0 Å². The minimum Gasteiger partial charge on any atom is -0.457 e. The van der Waals surface area contributed by atoms with Gasteiger partial charge in [-0.2, -0.15) is 0 Å². The summed E-state index contributed by atoms with van der Waals surface area (Å²) < 4.78 is 5.90. The van der Waals surface area contributed by atoms with Crippen LogP contribution in [0.2, 0.25) is 0 Å². The SMILES string of the molecule is CCCCCC(C)Cc1cccc(Oc2ccccc2)c1. The van der Waals surface area contributed by atoms with Gasteiger partial charge in [-0.05, 0) is 42.2 Å². The summed E-state index contributed by atoms with van der Waals surface area (Å²) in [5, 5.41) is 0. The van der Waals surface area contributed by atoms with Crippen molar-refractivity contribution in [1.82, 2.24) is 0 Å². The van der Waals surface area contributed by atoms with Gasteiger partial charge < -0.3 is 4.74 Å². The first kappa shape index (κ1) is 15.6. The Kier molecular flexibility index (Phi) is 6.33. The van der Waals surface area contributed by atoms with Crippen molar-refractivity contribution in [2.45, 2.75) is 46.0 Å². The molecular weight excluding hydrogens is 256 g/mol. The Hall–Kier alpha value is -1.76. The summed E-state index contributed by atoms with van der Waals surface area (Å²) in [6.45, 7) is 4.61. The second-order valence-electron chi connectivity index (χ2n) is 5.87. The molecule has 0 aliphatic rings. The van der Waals surface area contributed by atoms with Crippen molar-refractivity contribution in [3.8, 4) is 11.5 Å². The lowest BCUT2D eigenvalue weighted by atomic mass is 9.95. The van der Waals surface area contributed by atoms with E-state index in [1.165, 1.54) is 31.2 Å². The van der Waals surface area contributed by atoms with Crippen LogP contribution in [0.15, 0.2) is 54.6 Å². The van der Waals surface area contributed by atoms with E-state index < -0.39 is 0 Å². The molecule has 0 saturated heterocycles. The molecule has 0 amide bonds. The van der Waals surface area contributed by atoms with Gasteiger partial charge in [0.2, 0.25) is 0 Å². The molecule has 0 bridgehead atoms. The van der Waals surface area contributed by atoms with Gasteiger partial charge in [-0.3, -0.25) is 0 Å². The summed E-state index contributed by atoms with van der Waals surface area (Å²) in [5.41, 5.74) is 1.37. The van der Waals surface area contributed by atoms with Crippen molar-refractivity contribution in [1.29, 1.82) is 0 Å². The second kappa shape index (κ2) is 8.51. The number of hydrogen-bond donors (Lipinski definition) is 0. The normalized spacial score (nSPS) is 12.1. The van der Waals surface area contributed by atoms with E-state index in [-0.39, 0.29) is 0 Å². The fraction of sp³-hybridized carbons (Fsp3) is 0.400. The molecular formula is C20H26O. The third-order valence-corrected chi connectivity index (χ3v) is 3.76. The molecule has 1 atom stereocenters. The van der Waals surface area contributed by atoms with Crippen molar-refractivity contribution in [2.24, 2.45) is 5.92 Å². The summed E-state index contributed by atoms with van der Waals surface area (Å²) in [4.78, 5) is 0. The number of para-hydroxylation sites is 1. The number of benzene rings is 2. The van der Waals surface area contributed by atoms with Gasteiger partial charge in [-0.25, -0.2) is 0 Å². The molecule has 21 heavy (non-hydrogen) atoms. The Morgan fingerprint density at radius 2 is 1.67 bits per heavy atom. The molecule has 0 fully saturated rings. The Balaban J connectivity index is 1.91. The number of rotatable bonds is 8. The van der Waals surface area contributed by atoms with E-state index in [0.29, 0.717) is 0 Å². The molecule has 0 aromatic heterocycles. The van der Waals surface area contributed by atoms with Gasteiger partial charge in [0.05, 0.1) is 0 Å². The molecule has 1 heteroatoms. The first-order valence-electron chi connectivity index (χ1n) is 8.09. The van der Waals surface area contributed by atoms with Crippen LogP contribution in [-0.4, -0.2) is 0 Å². The van der Waals surface area contributed by atoms with Crippen LogP contribution in [0.3, 0.4) is 0 Å². The van der Waals surface area contributed by atoms with Crippen molar-refractivity contribution in [3.63, 3.8) is 0 Å². The van der Waals surface area contributed by atoms with Crippen LogP contribution in [0, 0.1) is 5.92 Å². The Morgan fingerprint density at radius 3 is 2.43 bits per heavy atom. The minimum absolute atomic E-state index is 0.739. The Labute approximate surface area is 129 Å². The molecule has 112 valence electrons. The molecule has 0 radical (unpaired) electrons. The van der Waals surface area contributed by atoms with Crippen LogP contribution < -0.4 is 4.74 Å². The topological polar surface area (TPSA) is 9.23 Å². The highest BCUT2D eigenvalue weighted by Gasteiger charge is 2.05. The van der Waals surface area contributed by atoms with E-state index in [1.807, 2.05) is 36.4 Å². The van der Waals surface area contributed by atoms with E-state index in [2.05, 4.69) is 32.0 Å². The van der Waals surface area contributed by atoms with Crippen molar-refractivity contribution >= 4 is 0 Å². The zero-order valence-electron chi connectivity index (χ0n) is 13.2. The highest BCUT2D eigenvalue weighted by atomic mass is 16.5. The molecule has 0 heterocycles. The molecule has 0 N–H and O–H groups in total. The zero-order valence-corrected chi connectivity index (χ0v) is 13.2. The van der Waals surface area contributed by atoms with Gasteiger partial charge >= 0.3 is 0 Å². The van der Waals surface area contributed by atoms with Gasteiger partial charge in [-0.15, -0.1) is 0 Å². The number of ether oxygens (including phenoxy) is 1. The summed E-state index contributed by atoms with van der Waals surface area (Å²) in [5.74, 6) is 2.56. The summed E-state index contributed by atoms with van der Waals surface area (Å²) in [6.07, 6.45) is 6.44. The van der Waals surface area contributed by atoms with Gasteiger partial charge in [-0.1, -0.05) is 69.9 Å². The highest BCUT2D eigenvalue weighted by Crippen LogP contribution is 2.23. The zero-order chi connectivity index (χ0) is 14.9. The molecule has 2 aromatic carbocycles. The maximum absolute atomic E-state index is 5.90. The Bertz CT molecular complexity index is 518. The molecule has 0 spiro atoms. The maximum Gasteiger partial charge on any atom is 0.127 e. The third kappa shape index (κ3) is 5.63. The fourth-order valence-corrected chi connectivity index (χ4v) is 2.61. The molecule has 0 aliphatic heterocycles. The summed E-state index contributed by atoms with van der Waals surface area (Å²) in [7, 11) is 0. The number of hydrogen-bond acceptors (Lipinski definition) is 1. The maximum atomic E-state index is 5.90. The van der Waals surface area contributed by atoms with Crippen LogP contribution in [-0.2, 0) is 6.42 Å². The second-order valence-corrected chi connectivity index (χ2v) is 5.87. The minimum atomic E-state index is 0.739. The highest BCUT2D eigenvalue weighted by molar-refractivity contribution is 5.33. The van der Waals surface area contributed by atoms with E-state index in [0.717, 1.165) is 23.8 Å². The lowest BCUT2D eigenvalue weighted by Crippen LogP contribution is -2.00. The molecule has 2 aromatic rings. The Morgan fingerprint density at radius 1 is 0.905 bits per heavy atom. The first-order chi connectivity index (χ1) is 10.3. The van der Waals surface area contributed by atoms with Gasteiger partial charge in [0.25, 0.3) is 0 Å². The summed E-state index contributed by atoms with van der Waals surface area (Å²) in [6, 6.07) is 18.5. The predicted octanol–water partition coefficient (Wildman–Crippen LogP) is 6.24. The van der Waals surface area contributed by atoms with E-state index >= 15 is 0 Å². The standard InChI is InChI=1S/C20H26O/c1-3-4-6-10-17(2)15-18-11-9-14-20(16-18)21-19-12-7-5-8-13-19/h5,7-9,11-14,16-17H,3-4,6,10,15H2,1-2H3. The van der Waals surface area contributed by atoms with Crippen LogP contribution in [0.25, 0.3) is 0 Å². The fourth-order valence-electron chi connectivity index (χ4n) is 2.61. The largest absolute Gasteiger partial charge is 0.457 e. The van der Waals surface area contributed by atoms with Gasteiger partial charge in [0.15, 0.2) is 0 Å². The quantitative estimate of drug-likeness (QED) is 0.521.